The number of alkyl halides is 1. The maximum atomic E-state index is 12.9. The Labute approximate surface area is 141 Å². The molecule has 0 aliphatic rings. The van der Waals surface area contributed by atoms with Crippen LogP contribution < -0.4 is 0 Å². The van der Waals surface area contributed by atoms with Crippen molar-refractivity contribution in [2.75, 3.05) is 33.7 Å². The SMILES string of the molecule is CCCN(CCN(C)C)S(=O)(=O)c1cc(CCl)ccc1Br. The van der Waals surface area contributed by atoms with Gasteiger partial charge in [-0.2, -0.15) is 4.31 Å². The molecule has 0 aliphatic heterocycles. The molecule has 0 fully saturated rings. The summed E-state index contributed by atoms with van der Waals surface area (Å²) >= 11 is 9.15. The van der Waals surface area contributed by atoms with Crippen molar-refractivity contribution in [3.8, 4) is 0 Å². The Balaban J connectivity index is 3.15. The number of halogens is 2. The summed E-state index contributed by atoms with van der Waals surface area (Å²) in [7, 11) is 0.342. The Morgan fingerprint density at radius 2 is 1.86 bits per heavy atom. The van der Waals surface area contributed by atoms with Crippen LogP contribution in [-0.4, -0.2) is 51.4 Å². The lowest BCUT2D eigenvalue weighted by Gasteiger charge is -2.24. The summed E-state index contributed by atoms with van der Waals surface area (Å²) in [5.41, 5.74) is 0.794. The molecule has 0 heterocycles. The summed E-state index contributed by atoms with van der Waals surface area (Å²) in [6, 6.07) is 5.20. The first-order chi connectivity index (χ1) is 9.82. The van der Waals surface area contributed by atoms with Gasteiger partial charge in [0.05, 0.1) is 4.90 Å². The Bertz CT molecular complexity index is 564. The number of rotatable bonds is 8. The van der Waals surface area contributed by atoms with E-state index < -0.39 is 10.0 Å². The second-order valence-electron chi connectivity index (χ2n) is 5.11. The molecular weight excluding hydrogens is 376 g/mol. The topological polar surface area (TPSA) is 40.6 Å². The van der Waals surface area contributed by atoms with E-state index in [2.05, 4.69) is 15.9 Å². The zero-order valence-electron chi connectivity index (χ0n) is 12.6. The van der Waals surface area contributed by atoms with Gasteiger partial charge in [-0.15, -0.1) is 11.6 Å². The third-order valence-electron chi connectivity index (χ3n) is 3.04. The molecule has 0 aromatic heterocycles. The molecule has 4 nitrogen and oxygen atoms in total. The molecule has 0 aliphatic carbocycles. The third kappa shape index (κ3) is 5.21. The molecular formula is C14H22BrClN2O2S. The van der Waals surface area contributed by atoms with E-state index in [1.165, 1.54) is 4.31 Å². The van der Waals surface area contributed by atoms with E-state index in [4.69, 9.17) is 11.6 Å². The number of sulfonamides is 1. The van der Waals surface area contributed by atoms with Crippen LogP contribution in [0, 0.1) is 0 Å². The van der Waals surface area contributed by atoms with Gasteiger partial charge in [0.2, 0.25) is 10.0 Å². The largest absolute Gasteiger partial charge is 0.308 e. The molecule has 0 spiro atoms. The summed E-state index contributed by atoms with van der Waals surface area (Å²) in [4.78, 5) is 2.26. The smallest absolute Gasteiger partial charge is 0.244 e. The fraction of sp³-hybridized carbons (Fsp3) is 0.571. The lowest BCUT2D eigenvalue weighted by Crippen LogP contribution is -2.37. The van der Waals surface area contributed by atoms with Gasteiger partial charge in [0, 0.05) is 30.0 Å². The maximum absolute atomic E-state index is 12.9. The van der Waals surface area contributed by atoms with Crippen LogP contribution in [0.2, 0.25) is 0 Å². The van der Waals surface area contributed by atoms with E-state index in [-0.39, 0.29) is 4.90 Å². The first kappa shape index (κ1) is 18.9. The van der Waals surface area contributed by atoms with Crippen molar-refractivity contribution < 1.29 is 8.42 Å². The van der Waals surface area contributed by atoms with Crippen molar-refractivity contribution in [3.05, 3.63) is 28.2 Å². The fourth-order valence-electron chi connectivity index (χ4n) is 1.88. The predicted octanol–water partition coefficient (Wildman–Crippen LogP) is 3.15. The van der Waals surface area contributed by atoms with Crippen LogP contribution in [0.5, 0.6) is 0 Å². The number of hydrogen-bond donors (Lipinski definition) is 0. The molecule has 1 aromatic carbocycles. The average Bonchev–Trinajstić information content (AvgIpc) is 2.43. The normalized spacial score (nSPS) is 12.3. The van der Waals surface area contributed by atoms with Gasteiger partial charge in [-0.1, -0.05) is 13.0 Å². The molecule has 0 bridgehead atoms. The average molecular weight is 398 g/mol. The molecule has 0 N–H and O–H groups in total. The van der Waals surface area contributed by atoms with Crippen molar-refractivity contribution in [1.29, 1.82) is 0 Å². The van der Waals surface area contributed by atoms with Crippen LogP contribution in [-0.2, 0) is 15.9 Å². The standard InChI is InChI=1S/C14H22BrClN2O2S/c1-4-7-18(9-8-17(2)3)21(19,20)14-10-12(11-16)5-6-13(14)15/h5-6,10H,4,7-9,11H2,1-3H3. The first-order valence-electron chi connectivity index (χ1n) is 6.82. The van der Waals surface area contributed by atoms with Crippen molar-refractivity contribution >= 4 is 37.6 Å². The van der Waals surface area contributed by atoms with Gasteiger partial charge in [0.25, 0.3) is 0 Å². The molecule has 0 radical (unpaired) electrons. The number of benzene rings is 1. The van der Waals surface area contributed by atoms with Gasteiger partial charge in [-0.05, 0) is 54.1 Å². The van der Waals surface area contributed by atoms with Gasteiger partial charge in [-0.25, -0.2) is 8.42 Å². The summed E-state index contributed by atoms with van der Waals surface area (Å²) in [5.74, 6) is 0.293. The predicted molar refractivity (Wildman–Crippen MR) is 91.3 cm³/mol. The van der Waals surface area contributed by atoms with E-state index in [1.807, 2.05) is 32.0 Å². The Morgan fingerprint density at radius 3 is 2.38 bits per heavy atom. The minimum atomic E-state index is -3.52. The minimum absolute atomic E-state index is 0.285. The Morgan fingerprint density at radius 1 is 1.19 bits per heavy atom. The summed E-state index contributed by atoms with van der Waals surface area (Å²) in [5, 5.41) is 0. The second kappa shape index (κ2) is 8.48. The van der Waals surface area contributed by atoms with Crippen LogP contribution in [0.1, 0.15) is 18.9 Å². The first-order valence-corrected chi connectivity index (χ1v) is 9.59. The Kier molecular flexibility index (Phi) is 7.64. The van der Waals surface area contributed by atoms with Gasteiger partial charge in [0.15, 0.2) is 0 Å². The molecule has 0 saturated heterocycles. The highest BCUT2D eigenvalue weighted by atomic mass is 79.9. The fourth-order valence-corrected chi connectivity index (χ4v) is 4.55. The van der Waals surface area contributed by atoms with Crippen molar-refractivity contribution in [2.24, 2.45) is 0 Å². The van der Waals surface area contributed by atoms with E-state index in [9.17, 15) is 8.42 Å². The molecule has 7 heteroatoms. The van der Waals surface area contributed by atoms with Gasteiger partial charge in [0.1, 0.15) is 0 Å². The molecule has 0 atom stereocenters. The highest BCUT2D eigenvalue weighted by molar-refractivity contribution is 9.10. The monoisotopic (exact) mass is 396 g/mol. The van der Waals surface area contributed by atoms with E-state index in [1.54, 1.807) is 12.1 Å². The molecule has 120 valence electrons. The third-order valence-corrected chi connectivity index (χ3v) is 6.24. The molecule has 0 unspecified atom stereocenters. The zero-order valence-corrected chi connectivity index (χ0v) is 15.8. The minimum Gasteiger partial charge on any atom is -0.308 e. The highest BCUT2D eigenvalue weighted by Gasteiger charge is 2.26. The quantitative estimate of drug-likeness (QED) is 0.633. The van der Waals surface area contributed by atoms with Gasteiger partial charge in [-0.3, -0.25) is 0 Å². The molecule has 0 saturated carbocycles. The molecule has 1 aromatic rings. The summed E-state index contributed by atoms with van der Waals surface area (Å²) in [6.45, 7) is 3.64. The van der Waals surface area contributed by atoms with Gasteiger partial charge >= 0.3 is 0 Å². The van der Waals surface area contributed by atoms with Crippen molar-refractivity contribution in [2.45, 2.75) is 24.1 Å². The van der Waals surface area contributed by atoms with Crippen molar-refractivity contribution in [3.63, 3.8) is 0 Å². The lowest BCUT2D eigenvalue weighted by atomic mass is 10.2. The van der Waals surface area contributed by atoms with Crippen LogP contribution >= 0.6 is 27.5 Å². The highest BCUT2D eigenvalue weighted by Crippen LogP contribution is 2.27. The maximum Gasteiger partial charge on any atom is 0.244 e. The van der Waals surface area contributed by atoms with Crippen LogP contribution in [0.15, 0.2) is 27.6 Å². The van der Waals surface area contributed by atoms with Gasteiger partial charge < -0.3 is 4.90 Å². The molecule has 21 heavy (non-hydrogen) atoms. The summed E-state index contributed by atoms with van der Waals surface area (Å²) < 4.78 is 27.8. The summed E-state index contributed by atoms with van der Waals surface area (Å²) in [6.07, 6.45) is 0.777. The van der Waals surface area contributed by atoms with Crippen molar-refractivity contribution in [1.82, 2.24) is 9.21 Å². The number of likely N-dealkylation sites (N-methyl/N-ethyl adjacent to an activating group) is 1. The van der Waals surface area contributed by atoms with E-state index >= 15 is 0 Å². The van der Waals surface area contributed by atoms with Crippen LogP contribution in [0.25, 0.3) is 0 Å². The number of nitrogens with zero attached hydrogens (tertiary/aromatic N) is 2. The van der Waals surface area contributed by atoms with E-state index in [0.29, 0.717) is 30.0 Å². The zero-order chi connectivity index (χ0) is 16.0. The van der Waals surface area contributed by atoms with Crippen LogP contribution in [0.3, 0.4) is 0 Å². The Hall–Kier alpha value is -0.140. The van der Waals surface area contributed by atoms with Crippen LogP contribution in [0.4, 0.5) is 0 Å². The molecule has 0 amide bonds. The lowest BCUT2D eigenvalue weighted by molar-refractivity contribution is 0.333. The second-order valence-corrected chi connectivity index (χ2v) is 8.13. The van der Waals surface area contributed by atoms with E-state index in [0.717, 1.165) is 12.0 Å². The molecule has 1 rings (SSSR count). The number of hydrogen-bond acceptors (Lipinski definition) is 3.